The summed E-state index contributed by atoms with van der Waals surface area (Å²) in [5.41, 5.74) is 8.53. The zero-order valence-corrected chi connectivity index (χ0v) is 12.3. The molecule has 3 nitrogen and oxygen atoms in total. The molecule has 104 valence electrons. The number of methoxy groups -OCH3 is 1. The maximum absolute atomic E-state index is 5.96. The summed E-state index contributed by atoms with van der Waals surface area (Å²) in [5, 5.41) is 1.26. The molecule has 0 aliphatic rings. The molecule has 0 saturated heterocycles. The van der Waals surface area contributed by atoms with Gasteiger partial charge < -0.3 is 15.0 Å². The van der Waals surface area contributed by atoms with Crippen molar-refractivity contribution >= 4 is 10.9 Å². The van der Waals surface area contributed by atoms with Crippen LogP contribution in [0.15, 0.2) is 24.4 Å². The van der Waals surface area contributed by atoms with Gasteiger partial charge in [-0.1, -0.05) is 13.8 Å². The van der Waals surface area contributed by atoms with Crippen molar-refractivity contribution in [3.05, 3.63) is 30.0 Å². The molecule has 1 unspecified atom stereocenters. The van der Waals surface area contributed by atoms with Gasteiger partial charge in [-0.15, -0.1) is 0 Å². The Kier molecular flexibility index (Phi) is 4.15. The molecule has 19 heavy (non-hydrogen) atoms. The molecule has 2 N–H and O–H groups in total. The Morgan fingerprint density at radius 2 is 2.00 bits per heavy atom. The summed E-state index contributed by atoms with van der Waals surface area (Å²) >= 11 is 0. The monoisotopic (exact) mass is 260 g/mol. The highest BCUT2D eigenvalue weighted by Crippen LogP contribution is 2.27. The van der Waals surface area contributed by atoms with Gasteiger partial charge in [0.1, 0.15) is 5.75 Å². The second-order valence-electron chi connectivity index (χ2n) is 5.77. The molecule has 0 radical (unpaired) electrons. The van der Waals surface area contributed by atoms with Gasteiger partial charge in [-0.3, -0.25) is 0 Å². The Balaban J connectivity index is 2.52. The zero-order valence-electron chi connectivity index (χ0n) is 12.3. The normalized spacial score (nSPS) is 13.2. The van der Waals surface area contributed by atoms with Gasteiger partial charge >= 0.3 is 0 Å². The van der Waals surface area contributed by atoms with Crippen LogP contribution in [0.3, 0.4) is 0 Å². The van der Waals surface area contributed by atoms with E-state index in [4.69, 9.17) is 10.5 Å². The minimum absolute atomic E-state index is 0.171. The van der Waals surface area contributed by atoms with Gasteiger partial charge in [-0.25, -0.2) is 0 Å². The van der Waals surface area contributed by atoms with E-state index in [9.17, 15) is 0 Å². The van der Waals surface area contributed by atoms with Crippen molar-refractivity contribution in [2.75, 3.05) is 7.11 Å². The molecule has 1 aromatic carbocycles. The summed E-state index contributed by atoms with van der Waals surface area (Å²) in [6.07, 6.45) is 3.14. The summed E-state index contributed by atoms with van der Waals surface area (Å²) in [4.78, 5) is 0. The fourth-order valence-electron chi connectivity index (χ4n) is 2.53. The maximum Gasteiger partial charge on any atom is 0.119 e. The van der Waals surface area contributed by atoms with Crippen LogP contribution >= 0.6 is 0 Å². The van der Waals surface area contributed by atoms with Gasteiger partial charge in [-0.2, -0.15) is 0 Å². The highest BCUT2D eigenvalue weighted by molar-refractivity contribution is 5.85. The predicted molar refractivity (Wildman–Crippen MR) is 80.7 cm³/mol. The van der Waals surface area contributed by atoms with Crippen molar-refractivity contribution in [1.82, 2.24) is 4.57 Å². The number of rotatable bonds is 5. The van der Waals surface area contributed by atoms with Gasteiger partial charge in [0, 0.05) is 29.7 Å². The lowest BCUT2D eigenvalue weighted by Crippen LogP contribution is -2.17. The SMILES string of the molecule is COc1ccc2c(c1)c(CC(C)N)cn2CC(C)C. The van der Waals surface area contributed by atoms with E-state index in [-0.39, 0.29) is 6.04 Å². The Labute approximate surface area is 115 Å². The molecular weight excluding hydrogens is 236 g/mol. The summed E-state index contributed by atoms with van der Waals surface area (Å²) < 4.78 is 7.66. The average molecular weight is 260 g/mol. The van der Waals surface area contributed by atoms with Crippen molar-refractivity contribution in [1.29, 1.82) is 0 Å². The Bertz CT molecular complexity index is 555. The molecule has 1 heterocycles. The molecule has 0 fully saturated rings. The van der Waals surface area contributed by atoms with E-state index in [0.717, 1.165) is 18.7 Å². The van der Waals surface area contributed by atoms with Gasteiger partial charge in [0.15, 0.2) is 0 Å². The second kappa shape index (κ2) is 5.66. The van der Waals surface area contributed by atoms with Crippen LogP contribution in [0.5, 0.6) is 5.75 Å². The minimum atomic E-state index is 0.171. The number of fused-ring (bicyclic) bond motifs is 1. The Hall–Kier alpha value is -1.48. The number of ether oxygens (including phenoxy) is 1. The van der Waals surface area contributed by atoms with Crippen LogP contribution in [0.25, 0.3) is 10.9 Å². The van der Waals surface area contributed by atoms with Crippen LogP contribution in [0, 0.1) is 5.92 Å². The standard InChI is InChI=1S/C16H24N2O/c1-11(2)9-18-10-13(7-12(3)17)15-8-14(19-4)5-6-16(15)18/h5-6,8,10-12H,7,9,17H2,1-4H3. The molecule has 1 atom stereocenters. The largest absolute Gasteiger partial charge is 0.497 e. The first-order valence-electron chi connectivity index (χ1n) is 6.92. The summed E-state index contributed by atoms with van der Waals surface area (Å²) in [6.45, 7) is 7.55. The highest BCUT2D eigenvalue weighted by atomic mass is 16.5. The molecule has 3 heteroatoms. The van der Waals surface area contributed by atoms with Crippen molar-refractivity contribution in [2.24, 2.45) is 11.7 Å². The number of nitrogens with zero attached hydrogens (tertiary/aromatic N) is 1. The number of hydrogen-bond acceptors (Lipinski definition) is 2. The van der Waals surface area contributed by atoms with Crippen LogP contribution in [0.2, 0.25) is 0 Å². The van der Waals surface area contributed by atoms with Crippen molar-refractivity contribution in [3.63, 3.8) is 0 Å². The van der Waals surface area contributed by atoms with E-state index in [1.807, 2.05) is 13.0 Å². The van der Waals surface area contributed by atoms with E-state index in [1.165, 1.54) is 16.5 Å². The van der Waals surface area contributed by atoms with Crippen molar-refractivity contribution in [3.8, 4) is 5.75 Å². The van der Waals surface area contributed by atoms with E-state index < -0.39 is 0 Å². The van der Waals surface area contributed by atoms with Crippen LogP contribution in [0.4, 0.5) is 0 Å². The topological polar surface area (TPSA) is 40.2 Å². The fourth-order valence-corrected chi connectivity index (χ4v) is 2.53. The fraction of sp³-hybridized carbons (Fsp3) is 0.500. The summed E-state index contributed by atoms with van der Waals surface area (Å²) in [6, 6.07) is 6.45. The number of aromatic nitrogens is 1. The quantitative estimate of drug-likeness (QED) is 0.897. The maximum atomic E-state index is 5.96. The third-order valence-electron chi connectivity index (χ3n) is 3.27. The molecule has 0 amide bonds. The van der Waals surface area contributed by atoms with Gasteiger partial charge in [0.05, 0.1) is 7.11 Å². The summed E-state index contributed by atoms with van der Waals surface area (Å²) in [5.74, 6) is 1.53. The van der Waals surface area contributed by atoms with E-state index in [0.29, 0.717) is 5.92 Å². The molecule has 2 rings (SSSR count). The third-order valence-corrected chi connectivity index (χ3v) is 3.27. The van der Waals surface area contributed by atoms with Crippen LogP contribution < -0.4 is 10.5 Å². The molecule has 2 aromatic rings. The van der Waals surface area contributed by atoms with Gasteiger partial charge in [0.2, 0.25) is 0 Å². The molecule has 0 aliphatic heterocycles. The smallest absolute Gasteiger partial charge is 0.119 e. The van der Waals surface area contributed by atoms with E-state index >= 15 is 0 Å². The lowest BCUT2D eigenvalue weighted by Gasteiger charge is -2.08. The van der Waals surface area contributed by atoms with E-state index in [2.05, 4.69) is 36.7 Å². The molecule has 0 saturated carbocycles. The van der Waals surface area contributed by atoms with E-state index in [1.54, 1.807) is 7.11 Å². The average Bonchev–Trinajstić information content (AvgIpc) is 2.65. The van der Waals surface area contributed by atoms with Crippen LogP contribution in [-0.4, -0.2) is 17.7 Å². The first-order valence-corrected chi connectivity index (χ1v) is 6.92. The van der Waals surface area contributed by atoms with Gasteiger partial charge in [0.25, 0.3) is 0 Å². The van der Waals surface area contributed by atoms with Crippen molar-refractivity contribution < 1.29 is 4.74 Å². The molecule has 0 bridgehead atoms. The molecular formula is C16H24N2O. The number of hydrogen-bond donors (Lipinski definition) is 1. The first kappa shape index (κ1) is 13.9. The molecule has 1 aromatic heterocycles. The Morgan fingerprint density at radius 3 is 2.58 bits per heavy atom. The van der Waals surface area contributed by atoms with Gasteiger partial charge in [-0.05, 0) is 43.0 Å². The Morgan fingerprint density at radius 1 is 1.26 bits per heavy atom. The first-order chi connectivity index (χ1) is 9.01. The lowest BCUT2D eigenvalue weighted by molar-refractivity contribution is 0.415. The van der Waals surface area contributed by atoms with Crippen LogP contribution in [-0.2, 0) is 13.0 Å². The third kappa shape index (κ3) is 3.10. The highest BCUT2D eigenvalue weighted by Gasteiger charge is 2.11. The lowest BCUT2D eigenvalue weighted by atomic mass is 10.1. The van der Waals surface area contributed by atoms with Crippen molar-refractivity contribution in [2.45, 2.75) is 39.8 Å². The van der Waals surface area contributed by atoms with Crippen LogP contribution in [0.1, 0.15) is 26.3 Å². The summed E-state index contributed by atoms with van der Waals surface area (Å²) in [7, 11) is 1.71. The predicted octanol–water partition coefficient (Wildman–Crippen LogP) is 3.20. The molecule has 0 aliphatic carbocycles. The minimum Gasteiger partial charge on any atom is -0.497 e. The number of nitrogens with two attached hydrogens (primary N) is 1. The zero-order chi connectivity index (χ0) is 14.0. The second-order valence-corrected chi connectivity index (χ2v) is 5.77. The number of benzene rings is 1. The molecule has 0 spiro atoms.